The Morgan fingerprint density at radius 2 is 1.02 bits per heavy atom. The molecule has 246 valence electrons. The maximum Gasteiger partial charge on any atom is 0.136 e. The maximum atomic E-state index is 9.76. The Hall–Kier alpha value is -6.96. The van der Waals surface area contributed by atoms with Gasteiger partial charge in [-0.25, -0.2) is 0 Å². The van der Waals surface area contributed by atoms with Gasteiger partial charge < -0.3 is 4.42 Å². The summed E-state index contributed by atoms with van der Waals surface area (Å²) in [7, 11) is 0. The number of hydrogen-bond acceptors (Lipinski definition) is 1. The van der Waals surface area contributed by atoms with E-state index in [0.29, 0.717) is 11.2 Å². The highest BCUT2D eigenvalue weighted by atomic mass is 16.3. The molecular weight excluding hydrogens is 641 g/mol. The molecule has 1 heteroatoms. The predicted molar refractivity (Wildman–Crippen MR) is 225 cm³/mol. The lowest BCUT2D eigenvalue weighted by Gasteiger charge is -2.18. The molecule has 0 amide bonds. The molecule has 0 unspecified atom stereocenters. The van der Waals surface area contributed by atoms with Crippen LogP contribution in [-0.2, 0) is 0 Å². The molecule has 0 spiro atoms. The minimum absolute atomic E-state index is 0.0900. The van der Waals surface area contributed by atoms with Gasteiger partial charge in [0.1, 0.15) is 11.2 Å². The van der Waals surface area contributed by atoms with Gasteiger partial charge in [0.2, 0.25) is 0 Å². The highest BCUT2D eigenvalue weighted by Gasteiger charge is 2.18. The van der Waals surface area contributed by atoms with Crippen molar-refractivity contribution in [3.8, 4) is 44.5 Å². The van der Waals surface area contributed by atoms with Crippen molar-refractivity contribution in [2.45, 2.75) is 0 Å². The molecule has 1 nitrogen and oxygen atoms in total. The summed E-state index contributed by atoms with van der Waals surface area (Å²) in [6, 6.07) is 13.0. The largest absolute Gasteiger partial charge is 0.456 e. The molecule has 0 aliphatic carbocycles. The Balaban J connectivity index is 1.21. The summed E-state index contributed by atoms with van der Waals surface area (Å²) in [4.78, 5) is 0. The summed E-state index contributed by atoms with van der Waals surface area (Å²) < 4.78 is 169. The van der Waals surface area contributed by atoms with Crippen molar-refractivity contribution >= 4 is 65.0 Å². The molecule has 0 saturated heterocycles. The third-order valence-electron chi connectivity index (χ3n) is 9.69. The molecule has 1 heterocycles. The molecule has 11 rings (SSSR count). The average molecular weight is 691 g/mol. The third kappa shape index (κ3) is 4.71. The standard InChI is InChI=1S/C52H32O/c1-2-13-34(14-3-1)50-43-17-6-8-19-45(43)51(46-20-9-7-18-44(46)50)39-27-26-35-30-36(24-25-37(35)31-39)38-28-29-47-49(32-38)53-48-23-11-22-42(52(47)48)41-21-10-15-33-12-4-5-16-40(33)41/h1-32H/i1D,2D,3D,6D,7D,8D,9D,13D,14D,17D,18D,19D,24D,25D,26D,27D,30D,31D. The second-order valence-electron chi connectivity index (χ2n) is 12.6. The van der Waals surface area contributed by atoms with Gasteiger partial charge in [0.15, 0.2) is 0 Å². The third-order valence-corrected chi connectivity index (χ3v) is 9.69. The Labute approximate surface area is 332 Å². The molecule has 10 aromatic carbocycles. The van der Waals surface area contributed by atoms with E-state index in [0.717, 1.165) is 38.7 Å². The lowest BCUT2D eigenvalue weighted by molar-refractivity contribution is 0.669. The molecule has 1 aromatic heterocycles. The van der Waals surface area contributed by atoms with Gasteiger partial charge in [0, 0.05) is 10.8 Å². The van der Waals surface area contributed by atoms with Crippen LogP contribution in [0.1, 0.15) is 24.7 Å². The van der Waals surface area contributed by atoms with E-state index in [1.54, 1.807) is 18.2 Å². The van der Waals surface area contributed by atoms with Crippen LogP contribution in [0.25, 0.3) is 110 Å². The SMILES string of the molecule is [2H]c1cc2c(-c3c([2H])c([2H])c4c([2H])c(-c5ccc6c(c5)oc5cccc(-c7cccc8ccccc78)c56)c([2H])c([2H])c4c3[2H])c3c([2H])c([2H])c([2H])c([2H])c3c(-c3c([2H])c([2H])c([2H])c([2H])c3[2H])c2c([2H])c1[2H]. The van der Waals surface area contributed by atoms with Crippen molar-refractivity contribution in [1.29, 1.82) is 0 Å². The molecular formula is C52H32O. The lowest BCUT2D eigenvalue weighted by atomic mass is 9.85. The van der Waals surface area contributed by atoms with Crippen LogP contribution in [0.5, 0.6) is 0 Å². The van der Waals surface area contributed by atoms with Crippen LogP contribution in [-0.4, -0.2) is 0 Å². The topological polar surface area (TPSA) is 13.1 Å². The summed E-state index contributed by atoms with van der Waals surface area (Å²) >= 11 is 0. The second-order valence-corrected chi connectivity index (χ2v) is 12.6. The second kappa shape index (κ2) is 11.8. The quantitative estimate of drug-likeness (QED) is 0.168. The number of benzene rings is 10. The summed E-state index contributed by atoms with van der Waals surface area (Å²) in [5.41, 5.74) is 1.14. The zero-order valence-corrected chi connectivity index (χ0v) is 27.5. The van der Waals surface area contributed by atoms with Crippen molar-refractivity contribution in [2.75, 3.05) is 0 Å². The van der Waals surface area contributed by atoms with E-state index in [2.05, 4.69) is 0 Å². The minimum atomic E-state index is -0.821. The van der Waals surface area contributed by atoms with E-state index < -0.39 is 153 Å². The smallest absolute Gasteiger partial charge is 0.136 e. The molecule has 0 atom stereocenters. The summed E-state index contributed by atoms with van der Waals surface area (Å²) in [6.07, 6.45) is 0. The van der Waals surface area contributed by atoms with Gasteiger partial charge in [-0.3, -0.25) is 0 Å². The predicted octanol–water partition coefficient (Wildman–Crippen LogP) is 14.9. The molecule has 0 N–H and O–H groups in total. The van der Waals surface area contributed by atoms with Gasteiger partial charge in [-0.05, 0) is 118 Å². The molecule has 11 aromatic rings. The highest BCUT2D eigenvalue weighted by molar-refractivity contribution is 6.22. The first-order valence-electron chi connectivity index (χ1n) is 25.8. The molecule has 0 saturated carbocycles. The van der Waals surface area contributed by atoms with E-state index in [1.807, 2.05) is 60.7 Å². The first kappa shape index (κ1) is 17.0. The van der Waals surface area contributed by atoms with Crippen LogP contribution in [0.4, 0.5) is 0 Å². The molecule has 0 fully saturated rings. The van der Waals surface area contributed by atoms with Gasteiger partial charge in [-0.1, -0.05) is 163 Å². The van der Waals surface area contributed by atoms with E-state index in [9.17, 15) is 12.3 Å². The minimum Gasteiger partial charge on any atom is -0.456 e. The van der Waals surface area contributed by atoms with E-state index in [4.69, 9.17) is 16.8 Å². The normalized spacial score (nSPS) is 16.5. The fraction of sp³-hybridized carbons (Fsp3) is 0. The number of fused-ring (bicyclic) bond motifs is 7. The van der Waals surface area contributed by atoms with E-state index >= 15 is 0 Å². The maximum absolute atomic E-state index is 9.76. The molecule has 0 aliphatic rings. The van der Waals surface area contributed by atoms with Crippen molar-refractivity contribution < 1.29 is 29.1 Å². The van der Waals surface area contributed by atoms with Gasteiger partial charge in [0.05, 0.1) is 24.7 Å². The molecule has 0 radical (unpaired) electrons. The monoisotopic (exact) mass is 690 g/mol. The Morgan fingerprint density at radius 1 is 0.358 bits per heavy atom. The van der Waals surface area contributed by atoms with Crippen LogP contribution >= 0.6 is 0 Å². The van der Waals surface area contributed by atoms with Crippen LogP contribution in [0.15, 0.2) is 198 Å². The summed E-state index contributed by atoms with van der Waals surface area (Å²) in [6.45, 7) is 0. The Kier molecular flexibility index (Phi) is 3.79. The van der Waals surface area contributed by atoms with Gasteiger partial charge in [-0.15, -0.1) is 0 Å². The Bertz CT molecular complexity index is 4240. The highest BCUT2D eigenvalue weighted by Crippen LogP contribution is 2.45. The van der Waals surface area contributed by atoms with Crippen LogP contribution in [0, 0.1) is 0 Å². The number of rotatable bonds is 4. The van der Waals surface area contributed by atoms with Crippen LogP contribution in [0.3, 0.4) is 0 Å². The molecule has 0 aliphatic heterocycles. The van der Waals surface area contributed by atoms with Crippen LogP contribution in [0.2, 0.25) is 0 Å². The van der Waals surface area contributed by atoms with Crippen molar-refractivity contribution in [3.63, 3.8) is 0 Å². The van der Waals surface area contributed by atoms with Crippen LogP contribution < -0.4 is 0 Å². The van der Waals surface area contributed by atoms with Crippen molar-refractivity contribution in [1.82, 2.24) is 0 Å². The van der Waals surface area contributed by atoms with Crippen molar-refractivity contribution in [3.05, 3.63) is 194 Å². The summed E-state index contributed by atoms with van der Waals surface area (Å²) in [5, 5.41) is 1.25. The summed E-state index contributed by atoms with van der Waals surface area (Å²) in [5.74, 6) is 0. The fourth-order valence-corrected chi connectivity index (χ4v) is 7.38. The van der Waals surface area contributed by atoms with Crippen molar-refractivity contribution in [2.24, 2.45) is 0 Å². The first-order chi connectivity index (χ1) is 33.8. The fourth-order valence-electron chi connectivity index (χ4n) is 7.38. The zero-order chi connectivity index (χ0) is 50.5. The Morgan fingerprint density at radius 3 is 1.87 bits per heavy atom. The van der Waals surface area contributed by atoms with E-state index in [-0.39, 0.29) is 21.9 Å². The van der Waals surface area contributed by atoms with Gasteiger partial charge in [0.25, 0.3) is 0 Å². The number of furan rings is 1. The number of hydrogen-bond donors (Lipinski definition) is 0. The first-order valence-corrected chi connectivity index (χ1v) is 16.8. The average Bonchev–Trinajstić information content (AvgIpc) is 3.74. The lowest BCUT2D eigenvalue weighted by Crippen LogP contribution is -1.90. The molecule has 53 heavy (non-hydrogen) atoms. The van der Waals surface area contributed by atoms with Gasteiger partial charge in [-0.2, -0.15) is 0 Å². The van der Waals surface area contributed by atoms with Gasteiger partial charge >= 0.3 is 0 Å². The van der Waals surface area contributed by atoms with E-state index in [1.165, 1.54) is 0 Å². The zero-order valence-electron chi connectivity index (χ0n) is 45.5. The molecule has 0 bridgehead atoms.